The smallest absolute Gasteiger partial charge is 0.354 e. The van der Waals surface area contributed by atoms with Crippen molar-refractivity contribution in [3.05, 3.63) is 70.4 Å². The standard InChI is InChI=1S/C20H14F2N4O3/c1-10-6-7-23-19(29-2)17(10)26-18-11(9-24-20(26)28)8-13(22)16(25-18)15-12(21)4-3-5-14(15)27/h3-9,27H,1-2H3. The average Bonchev–Trinajstić information content (AvgIpc) is 2.69. The highest BCUT2D eigenvalue weighted by Crippen LogP contribution is 2.34. The van der Waals surface area contributed by atoms with Gasteiger partial charge in [-0.05, 0) is 36.8 Å². The molecule has 0 unspecified atom stereocenters. The Kier molecular flexibility index (Phi) is 4.42. The van der Waals surface area contributed by atoms with Gasteiger partial charge in [0.15, 0.2) is 11.5 Å². The molecule has 0 aliphatic carbocycles. The van der Waals surface area contributed by atoms with Crippen LogP contribution in [0.5, 0.6) is 11.6 Å². The minimum absolute atomic E-state index is 0.0125. The summed E-state index contributed by atoms with van der Waals surface area (Å²) in [5, 5.41) is 10.3. The normalized spacial score (nSPS) is 11.0. The third-order valence-electron chi connectivity index (χ3n) is 4.44. The number of hydrogen-bond donors (Lipinski definition) is 1. The number of aromatic nitrogens is 4. The Hall–Kier alpha value is -3.88. The Morgan fingerprint density at radius 2 is 1.93 bits per heavy atom. The van der Waals surface area contributed by atoms with Crippen LogP contribution in [0.4, 0.5) is 8.78 Å². The monoisotopic (exact) mass is 396 g/mol. The van der Waals surface area contributed by atoms with Crippen LogP contribution in [0.1, 0.15) is 5.56 Å². The predicted octanol–water partition coefficient (Wildman–Crippen LogP) is 3.14. The molecule has 0 aliphatic rings. The van der Waals surface area contributed by atoms with Crippen LogP contribution in [0, 0.1) is 18.6 Å². The summed E-state index contributed by atoms with van der Waals surface area (Å²) in [6.07, 6.45) is 2.69. The van der Waals surface area contributed by atoms with Gasteiger partial charge in [-0.3, -0.25) is 0 Å². The van der Waals surface area contributed by atoms with E-state index >= 15 is 0 Å². The molecule has 9 heteroatoms. The molecule has 0 saturated heterocycles. The number of halogens is 2. The summed E-state index contributed by atoms with van der Waals surface area (Å²) in [7, 11) is 1.39. The van der Waals surface area contributed by atoms with Gasteiger partial charge >= 0.3 is 5.69 Å². The van der Waals surface area contributed by atoms with E-state index in [1.807, 2.05) is 0 Å². The topological polar surface area (TPSA) is 90.1 Å². The molecule has 0 saturated carbocycles. The van der Waals surface area contributed by atoms with Crippen LogP contribution < -0.4 is 10.4 Å². The van der Waals surface area contributed by atoms with Crippen molar-refractivity contribution in [2.45, 2.75) is 6.92 Å². The Morgan fingerprint density at radius 1 is 1.14 bits per heavy atom. The van der Waals surface area contributed by atoms with E-state index in [0.29, 0.717) is 5.56 Å². The number of ether oxygens (including phenoxy) is 1. The zero-order valence-corrected chi connectivity index (χ0v) is 15.3. The summed E-state index contributed by atoms with van der Waals surface area (Å²) in [4.78, 5) is 24.7. The summed E-state index contributed by atoms with van der Waals surface area (Å²) in [5.41, 5.74) is -0.616. The van der Waals surface area contributed by atoms with E-state index in [-0.39, 0.29) is 22.6 Å². The van der Waals surface area contributed by atoms with Crippen molar-refractivity contribution in [1.29, 1.82) is 0 Å². The number of methoxy groups -OCH3 is 1. The van der Waals surface area contributed by atoms with Gasteiger partial charge in [0.2, 0.25) is 5.88 Å². The quantitative estimate of drug-likeness (QED) is 0.572. The second-order valence-corrected chi connectivity index (χ2v) is 6.23. The second kappa shape index (κ2) is 6.93. The highest BCUT2D eigenvalue weighted by atomic mass is 19.1. The molecule has 3 heterocycles. The molecule has 146 valence electrons. The molecule has 3 aromatic heterocycles. The third kappa shape index (κ3) is 2.96. The van der Waals surface area contributed by atoms with Gasteiger partial charge in [0, 0.05) is 17.8 Å². The van der Waals surface area contributed by atoms with Gasteiger partial charge in [-0.15, -0.1) is 0 Å². The van der Waals surface area contributed by atoms with Crippen molar-refractivity contribution in [2.24, 2.45) is 0 Å². The number of phenols is 1. The molecule has 0 aliphatic heterocycles. The summed E-state index contributed by atoms with van der Waals surface area (Å²) in [6.45, 7) is 1.73. The first kappa shape index (κ1) is 18.5. The van der Waals surface area contributed by atoms with Crippen LogP contribution >= 0.6 is 0 Å². The SMILES string of the molecule is COc1nccc(C)c1-n1c(=O)ncc2cc(F)c(-c3c(O)cccc3F)nc21. The van der Waals surface area contributed by atoms with Crippen molar-refractivity contribution >= 4 is 11.0 Å². The second-order valence-electron chi connectivity index (χ2n) is 6.23. The third-order valence-corrected chi connectivity index (χ3v) is 4.44. The molecule has 0 amide bonds. The molecule has 4 aromatic rings. The van der Waals surface area contributed by atoms with E-state index in [0.717, 1.165) is 16.7 Å². The van der Waals surface area contributed by atoms with Gasteiger partial charge in [-0.25, -0.2) is 33.1 Å². The first-order valence-corrected chi connectivity index (χ1v) is 8.48. The van der Waals surface area contributed by atoms with Gasteiger partial charge in [-0.1, -0.05) is 6.07 Å². The molecular formula is C20H14F2N4O3. The zero-order chi connectivity index (χ0) is 20.7. The number of nitrogens with zero attached hydrogens (tertiary/aromatic N) is 4. The summed E-state index contributed by atoms with van der Waals surface area (Å²) >= 11 is 0. The number of phenolic OH excluding ortho intramolecular Hbond substituents is 1. The Balaban J connectivity index is 2.14. The van der Waals surface area contributed by atoms with E-state index in [9.17, 15) is 18.7 Å². The summed E-state index contributed by atoms with van der Waals surface area (Å²) < 4.78 is 35.4. The van der Waals surface area contributed by atoms with Crippen molar-refractivity contribution in [3.8, 4) is 28.6 Å². The van der Waals surface area contributed by atoms with Crippen molar-refractivity contribution in [1.82, 2.24) is 19.5 Å². The van der Waals surface area contributed by atoms with Crippen LogP contribution in [0.25, 0.3) is 28.0 Å². The fourth-order valence-corrected chi connectivity index (χ4v) is 3.11. The lowest BCUT2D eigenvalue weighted by Gasteiger charge is -2.15. The highest BCUT2D eigenvalue weighted by molar-refractivity contribution is 5.81. The van der Waals surface area contributed by atoms with E-state index in [1.54, 1.807) is 13.0 Å². The number of benzene rings is 1. The molecule has 0 bridgehead atoms. The molecule has 7 nitrogen and oxygen atoms in total. The first-order chi connectivity index (χ1) is 13.9. The van der Waals surface area contributed by atoms with E-state index in [1.165, 1.54) is 31.6 Å². The van der Waals surface area contributed by atoms with Gasteiger partial charge in [0.25, 0.3) is 0 Å². The van der Waals surface area contributed by atoms with Crippen molar-refractivity contribution in [3.63, 3.8) is 0 Å². The fraction of sp³-hybridized carbons (Fsp3) is 0.100. The van der Waals surface area contributed by atoms with Crippen LogP contribution in [-0.4, -0.2) is 31.7 Å². The maximum absolute atomic E-state index is 14.7. The molecule has 0 atom stereocenters. The summed E-state index contributed by atoms with van der Waals surface area (Å²) in [5.74, 6) is -2.06. The average molecular weight is 396 g/mol. The van der Waals surface area contributed by atoms with Crippen LogP contribution in [0.15, 0.2) is 47.5 Å². The van der Waals surface area contributed by atoms with Crippen molar-refractivity contribution in [2.75, 3.05) is 7.11 Å². The lowest BCUT2D eigenvalue weighted by atomic mass is 10.1. The molecule has 1 N–H and O–H groups in total. The maximum Gasteiger partial charge on any atom is 0.354 e. The molecule has 1 aromatic carbocycles. The minimum atomic E-state index is -0.875. The largest absolute Gasteiger partial charge is 0.507 e. The van der Waals surface area contributed by atoms with E-state index in [4.69, 9.17) is 4.74 Å². The minimum Gasteiger partial charge on any atom is -0.507 e. The zero-order valence-electron chi connectivity index (χ0n) is 15.3. The number of aryl methyl sites for hydroxylation is 1. The molecule has 0 radical (unpaired) electrons. The lowest BCUT2D eigenvalue weighted by molar-refractivity contribution is 0.395. The lowest BCUT2D eigenvalue weighted by Crippen LogP contribution is -2.23. The fourth-order valence-electron chi connectivity index (χ4n) is 3.11. The first-order valence-electron chi connectivity index (χ1n) is 8.48. The molecule has 29 heavy (non-hydrogen) atoms. The van der Waals surface area contributed by atoms with Crippen LogP contribution in [-0.2, 0) is 0 Å². The molecule has 0 spiro atoms. The number of rotatable bonds is 3. The predicted molar refractivity (Wildman–Crippen MR) is 101 cm³/mol. The van der Waals surface area contributed by atoms with Crippen molar-refractivity contribution < 1.29 is 18.6 Å². The van der Waals surface area contributed by atoms with Gasteiger partial charge < -0.3 is 9.84 Å². The Labute approximate surface area is 162 Å². The van der Waals surface area contributed by atoms with Crippen LogP contribution in [0.2, 0.25) is 0 Å². The number of pyridine rings is 2. The van der Waals surface area contributed by atoms with E-state index in [2.05, 4.69) is 15.0 Å². The Morgan fingerprint density at radius 3 is 2.66 bits per heavy atom. The van der Waals surface area contributed by atoms with Gasteiger partial charge in [-0.2, -0.15) is 0 Å². The van der Waals surface area contributed by atoms with E-state index < -0.39 is 34.3 Å². The molecule has 4 rings (SSSR count). The van der Waals surface area contributed by atoms with Gasteiger partial charge in [0.1, 0.15) is 22.9 Å². The Bertz CT molecular complexity index is 1300. The number of hydrogen-bond acceptors (Lipinski definition) is 6. The highest BCUT2D eigenvalue weighted by Gasteiger charge is 2.21. The van der Waals surface area contributed by atoms with Gasteiger partial charge in [0.05, 0.1) is 12.7 Å². The maximum atomic E-state index is 14.7. The molecular weight excluding hydrogens is 382 g/mol. The molecule has 0 fully saturated rings. The number of fused-ring (bicyclic) bond motifs is 1. The van der Waals surface area contributed by atoms with Crippen LogP contribution in [0.3, 0.4) is 0 Å². The number of aromatic hydroxyl groups is 1. The summed E-state index contributed by atoms with van der Waals surface area (Å²) in [6, 6.07) is 6.32.